The van der Waals surface area contributed by atoms with Crippen LogP contribution in [0.2, 0.25) is 0 Å². The summed E-state index contributed by atoms with van der Waals surface area (Å²) in [6.07, 6.45) is 2.30. The normalized spacial score (nSPS) is 10.5. The van der Waals surface area contributed by atoms with Crippen LogP contribution in [0.25, 0.3) is 11.0 Å². The second-order valence-electron chi connectivity index (χ2n) is 5.71. The Hall–Kier alpha value is -1.70. The third-order valence-electron chi connectivity index (χ3n) is 4.31. The number of benzene rings is 1. The number of aromatic nitrogens is 4. The van der Waals surface area contributed by atoms with E-state index in [1.807, 2.05) is 47.8 Å². The summed E-state index contributed by atoms with van der Waals surface area (Å²) in [4.78, 5) is 21.7. The van der Waals surface area contributed by atoms with E-state index in [4.69, 9.17) is 10.5 Å². The van der Waals surface area contributed by atoms with Crippen LogP contribution in [-0.4, -0.2) is 28.1 Å². The lowest BCUT2D eigenvalue weighted by atomic mass is 10.3. The number of aryl methyl sites for hydroxylation is 2. The van der Waals surface area contributed by atoms with Crippen LogP contribution in [0.3, 0.4) is 0 Å². The molecule has 3 rings (SSSR count). The molecule has 27 heavy (non-hydrogen) atoms. The average Bonchev–Trinajstić information content (AvgIpc) is 2.92. The van der Waals surface area contributed by atoms with Crippen LogP contribution in [-0.2, 0) is 24.9 Å². The Balaban J connectivity index is 0.00000261. The van der Waals surface area contributed by atoms with Gasteiger partial charge < -0.3 is 34.4 Å². The van der Waals surface area contributed by atoms with E-state index in [1.54, 1.807) is 13.3 Å². The molecule has 0 spiro atoms. The molecule has 2 N–H and O–H groups in total. The van der Waals surface area contributed by atoms with Crippen LogP contribution in [0.15, 0.2) is 24.4 Å². The molecule has 0 aliphatic carbocycles. The quantitative estimate of drug-likeness (QED) is 0.217. The van der Waals surface area contributed by atoms with Crippen molar-refractivity contribution in [3.63, 3.8) is 0 Å². The minimum Gasteiger partial charge on any atom is -1.00 e. The first-order valence-corrected chi connectivity index (χ1v) is 9.13. The summed E-state index contributed by atoms with van der Waals surface area (Å²) in [7, 11) is 3.62. The molecule has 0 unspecified atom stereocenters. The van der Waals surface area contributed by atoms with Gasteiger partial charge >= 0.3 is 0 Å². The van der Waals surface area contributed by atoms with Crippen LogP contribution >= 0.6 is 22.6 Å². The van der Waals surface area contributed by atoms with E-state index in [2.05, 4.69) is 26.0 Å². The number of anilines is 2. The van der Waals surface area contributed by atoms with Gasteiger partial charge in [0, 0.05) is 6.07 Å². The van der Waals surface area contributed by atoms with Crippen molar-refractivity contribution >= 4 is 51.7 Å². The summed E-state index contributed by atoms with van der Waals surface area (Å²) in [5, 5.41) is 0. The highest BCUT2D eigenvalue weighted by molar-refractivity contribution is 14.1. The molecule has 0 atom stereocenters. The number of fused-ring (bicyclic) bond motifs is 1. The van der Waals surface area contributed by atoms with Gasteiger partial charge in [-0.1, -0.05) is 0 Å². The summed E-state index contributed by atoms with van der Waals surface area (Å²) in [6, 6.07) is 5.93. The molecule has 144 valence electrons. The van der Waals surface area contributed by atoms with E-state index in [0.29, 0.717) is 16.1 Å². The summed E-state index contributed by atoms with van der Waals surface area (Å²) < 4.78 is 10.2. The van der Waals surface area contributed by atoms with Crippen molar-refractivity contribution in [2.24, 2.45) is 7.05 Å². The van der Waals surface area contributed by atoms with E-state index in [-0.39, 0.29) is 29.8 Å². The fourth-order valence-corrected chi connectivity index (χ4v) is 3.39. The standard InChI is InChI=1S/C17H20IN6O2.HI/c1-4-24-13-7-11(26-3)5-6-12(13)22(2)15(24)9-23(10-25)17-16(19)20-8-14(18)21-17;/h5-8,10H,4,9H2,1-3H3,(H2,19,20);1H/q+1;/p-1. The molecule has 0 saturated heterocycles. The number of nitrogens with two attached hydrogens (primary N) is 1. The zero-order valence-corrected chi connectivity index (χ0v) is 19.5. The topological polar surface area (TPSA) is 90.2 Å². The van der Waals surface area contributed by atoms with Gasteiger partial charge in [0.15, 0.2) is 22.7 Å². The number of nitrogens with zero attached hydrogens (tertiary/aromatic N) is 5. The fraction of sp³-hybridized carbons (Fsp3) is 0.294. The Morgan fingerprint density at radius 3 is 2.81 bits per heavy atom. The van der Waals surface area contributed by atoms with Crippen molar-refractivity contribution in [1.82, 2.24) is 14.5 Å². The van der Waals surface area contributed by atoms with Gasteiger partial charge in [-0.2, -0.15) is 0 Å². The van der Waals surface area contributed by atoms with Gasteiger partial charge in [-0.25, -0.2) is 19.1 Å². The van der Waals surface area contributed by atoms with Crippen molar-refractivity contribution in [3.05, 3.63) is 33.9 Å². The molecule has 0 radical (unpaired) electrons. The van der Waals surface area contributed by atoms with Crippen molar-refractivity contribution in [2.75, 3.05) is 17.7 Å². The molecule has 1 aromatic carbocycles. The van der Waals surface area contributed by atoms with Crippen LogP contribution in [0.4, 0.5) is 11.6 Å². The maximum atomic E-state index is 11.8. The van der Waals surface area contributed by atoms with Crippen LogP contribution in [0.5, 0.6) is 5.75 Å². The third kappa shape index (κ3) is 4.10. The number of imidazole rings is 1. The van der Waals surface area contributed by atoms with Crippen molar-refractivity contribution < 1.29 is 38.1 Å². The van der Waals surface area contributed by atoms with E-state index in [1.165, 1.54) is 4.90 Å². The lowest BCUT2D eigenvalue weighted by molar-refractivity contribution is -0.653. The SMILES string of the molecule is CCn1c(CN(C=O)c2nc(I)cnc2N)[n+](C)c2ccc(OC)cc21.[I-]. The summed E-state index contributed by atoms with van der Waals surface area (Å²) in [5.41, 5.74) is 8.02. The number of hydrogen-bond donors (Lipinski definition) is 1. The van der Waals surface area contributed by atoms with E-state index >= 15 is 0 Å². The molecule has 2 aromatic heterocycles. The lowest BCUT2D eigenvalue weighted by Gasteiger charge is -2.16. The van der Waals surface area contributed by atoms with Crippen LogP contribution < -0.4 is 43.9 Å². The minimum absolute atomic E-state index is 0. The molecular formula is C17H20I2N6O2. The highest BCUT2D eigenvalue weighted by Gasteiger charge is 2.26. The maximum absolute atomic E-state index is 11.8. The van der Waals surface area contributed by atoms with Gasteiger partial charge in [0.25, 0.3) is 5.82 Å². The molecule has 0 fully saturated rings. The Bertz CT molecular complexity index is 976. The first-order chi connectivity index (χ1) is 12.5. The predicted molar refractivity (Wildman–Crippen MR) is 107 cm³/mol. The number of halogens is 2. The van der Waals surface area contributed by atoms with Crippen molar-refractivity contribution in [3.8, 4) is 5.75 Å². The highest BCUT2D eigenvalue weighted by Crippen LogP contribution is 2.23. The molecule has 0 saturated carbocycles. The van der Waals surface area contributed by atoms with Crippen molar-refractivity contribution in [2.45, 2.75) is 20.0 Å². The zero-order chi connectivity index (χ0) is 18.8. The van der Waals surface area contributed by atoms with Gasteiger partial charge in [-0.05, 0) is 41.6 Å². The lowest BCUT2D eigenvalue weighted by Crippen LogP contribution is -3.00. The van der Waals surface area contributed by atoms with Gasteiger partial charge in [0.05, 0.1) is 26.9 Å². The number of rotatable bonds is 6. The van der Waals surface area contributed by atoms with Gasteiger partial charge in [0.1, 0.15) is 16.0 Å². The smallest absolute Gasteiger partial charge is 0.277 e. The van der Waals surface area contributed by atoms with Crippen LogP contribution in [0.1, 0.15) is 12.7 Å². The molecule has 10 heteroatoms. The van der Waals surface area contributed by atoms with E-state index in [0.717, 1.165) is 35.6 Å². The number of nitrogen functional groups attached to an aromatic ring is 1. The summed E-state index contributed by atoms with van der Waals surface area (Å²) in [5.74, 6) is 2.32. The Kier molecular flexibility index (Phi) is 7.19. The number of ether oxygens (including phenoxy) is 1. The first kappa shape index (κ1) is 21.6. The average molecular weight is 594 g/mol. The maximum Gasteiger partial charge on any atom is 0.277 e. The second-order valence-corrected chi connectivity index (χ2v) is 6.81. The molecular weight excluding hydrogens is 574 g/mol. The predicted octanol–water partition coefficient (Wildman–Crippen LogP) is -1.36. The van der Waals surface area contributed by atoms with Gasteiger partial charge in [0.2, 0.25) is 6.41 Å². The summed E-state index contributed by atoms with van der Waals surface area (Å²) >= 11 is 2.05. The van der Waals surface area contributed by atoms with Gasteiger partial charge in [-0.15, -0.1) is 0 Å². The number of amides is 1. The molecule has 2 heterocycles. The van der Waals surface area contributed by atoms with Crippen molar-refractivity contribution in [1.29, 1.82) is 0 Å². The third-order valence-corrected chi connectivity index (χ3v) is 4.83. The number of carbonyl (C=O) groups excluding carboxylic acids is 1. The van der Waals surface area contributed by atoms with E-state index in [9.17, 15) is 4.79 Å². The number of carbonyl (C=O) groups is 1. The monoisotopic (exact) mass is 594 g/mol. The Labute approximate surface area is 187 Å². The minimum atomic E-state index is 0. The van der Waals surface area contributed by atoms with Crippen LogP contribution in [0, 0.1) is 3.70 Å². The first-order valence-electron chi connectivity index (χ1n) is 8.05. The van der Waals surface area contributed by atoms with E-state index < -0.39 is 0 Å². The van der Waals surface area contributed by atoms with Gasteiger partial charge in [-0.3, -0.25) is 9.69 Å². The summed E-state index contributed by atoms with van der Waals surface area (Å²) in [6.45, 7) is 3.14. The number of hydrogen-bond acceptors (Lipinski definition) is 5. The molecule has 0 aliphatic heterocycles. The molecule has 1 amide bonds. The molecule has 8 nitrogen and oxygen atoms in total. The highest BCUT2D eigenvalue weighted by atomic mass is 127. The Morgan fingerprint density at radius 1 is 1.44 bits per heavy atom. The second kappa shape index (κ2) is 8.99. The number of methoxy groups -OCH3 is 1. The molecule has 0 bridgehead atoms. The molecule has 0 aliphatic rings. The fourth-order valence-electron chi connectivity index (χ4n) is 3.03. The molecule has 3 aromatic rings. The largest absolute Gasteiger partial charge is 1.00 e. The zero-order valence-electron chi connectivity index (χ0n) is 15.2. The Morgan fingerprint density at radius 2 is 2.19 bits per heavy atom.